The molecular weight excluding hydrogens is 441 g/mol. The maximum Gasteiger partial charge on any atom is 0.416 e. The molecule has 0 radical (unpaired) electrons. The Labute approximate surface area is 189 Å². The number of alkyl halides is 3. The normalized spacial score (nSPS) is 24.9. The lowest BCUT2D eigenvalue weighted by molar-refractivity contribution is -0.142. The van der Waals surface area contributed by atoms with Crippen LogP contribution in [0.3, 0.4) is 0 Å². The van der Waals surface area contributed by atoms with Crippen LogP contribution in [0.2, 0.25) is 0 Å². The molecule has 1 aromatic rings. The van der Waals surface area contributed by atoms with Crippen LogP contribution in [-0.2, 0) is 25.2 Å². The van der Waals surface area contributed by atoms with Crippen molar-refractivity contribution in [2.45, 2.75) is 25.8 Å². The molecule has 2 heterocycles. The largest absolute Gasteiger partial charge is 0.466 e. The average molecular weight is 466 g/mol. The van der Waals surface area contributed by atoms with E-state index in [2.05, 4.69) is 0 Å². The van der Waals surface area contributed by atoms with Crippen LogP contribution in [0.5, 0.6) is 0 Å². The summed E-state index contributed by atoms with van der Waals surface area (Å²) in [6.07, 6.45) is -1.90. The number of carbonyl (C=O) groups is 2. The van der Waals surface area contributed by atoms with Crippen molar-refractivity contribution in [2.24, 2.45) is 11.8 Å². The molecule has 1 fully saturated rings. The molecule has 0 N–H and O–H groups in total. The molecule has 10 heteroatoms. The number of ether oxygens (including phenoxy) is 3. The Hall–Kier alpha value is -3.17. The summed E-state index contributed by atoms with van der Waals surface area (Å²) < 4.78 is 55.1. The second kappa shape index (κ2) is 8.99. The first-order valence-corrected chi connectivity index (χ1v) is 10.7. The van der Waals surface area contributed by atoms with Gasteiger partial charge < -0.3 is 24.0 Å². The fourth-order valence-corrected chi connectivity index (χ4v) is 4.57. The van der Waals surface area contributed by atoms with Gasteiger partial charge in [-0.1, -0.05) is 17.7 Å². The number of benzene rings is 1. The molecule has 0 aromatic heterocycles. The number of nitrogens with zero attached hydrogens (tertiary/aromatic N) is 2. The van der Waals surface area contributed by atoms with Gasteiger partial charge in [-0.25, -0.2) is 9.59 Å². The Morgan fingerprint density at radius 3 is 2.55 bits per heavy atom. The Morgan fingerprint density at radius 1 is 1.15 bits per heavy atom. The van der Waals surface area contributed by atoms with E-state index in [4.69, 9.17) is 14.2 Å². The molecule has 1 aliphatic carbocycles. The quantitative estimate of drug-likeness (QED) is 0.496. The summed E-state index contributed by atoms with van der Waals surface area (Å²) in [5.41, 5.74) is 1.15. The Bertz CT molecular complexity index is 983. The third-order valence-corrected chi connectivity index (χ3v) is 6.39. The first kappa shape index (κ1) is 23.0. The van der Waals surface area contributed by atoms with E-state index in [9.17, 15) is 22.8 Å². The highest BCUT2D eigenvalue weighted by Gasteiger charge is 2.45. The Balaban J connectivity index is 1.37. The van der Waals surface area contributed by atoms with E-state index in [1.165, 1.54) is 24.3 Å². The third kappa shape index (κ3) is 4.65. The Kier molecular flexibility index (Phi) is 6.27. The second-order valence-corrected chi connectivity index (χ2v) is 8.29. The number of fused-ring (bicyclic) bond motifs is 1. The van der Waals surface area contributed by atoms with E-state index in [1.54, 1.807) is 11.0 Å². The lowest BCUT2D eigenvalue weighted by atomic mass is 9.84. The van der Waals surface area contributed by atoms with Crippen molar-refractivity contribution in [3.63, 3.8) is 0 Å². The molecule has 0 saturated carbocycles. The van der Waals surface area contributed by atoms with E-state index < -0.39 is 30.1 Å². The molecule has 1 amide bonds. The highest BCUT2D eigenvalue weighted by molar-refractivity contribution is 5.89. The van der Waals surface area contributed by atoms with Crippen LogP contribution in [0.15, 0.2) is 47.7 Å². The van der Waals surface area contributed by atoms with E-state index in [-0.39, 0.29) is 11.8 Å². The third-order valence-electron chi connectivity index (χ3n) is 6.39. The molecule has 3 unspecified atom stereocenters. The van der Waals surface area contributed by atoms with Crippen LogP contribution in [0.4, 0.5) is 23.7 Å². The number of esters is 1. The van der Waals surface area contributed by atoms with Gasteiger partial charge in [-0.2, -0.15) is 13.2 Å². The number of allylic oxidation sites excluding steroid dienone is 1. The number of anilines is 1. The van der Waals surface area contributed by atoms with Crippen LogP contribution in [0.25, 0.3) is 0 Å². The first-order chi connectivity index (χ1) is 15.7. The molecule has 3 aliphatic rings. The molecule has 3 atom stereocenters. The molecule has 0 bridgehead atoms. The lowest BCUT2D eigenvalue weighted by Gasteiger charge is -2.38. The maximum absolute atomic E-state index is 13.0. The number of carbonyl (C=O) groups excluding carboxylic acids is 2. The Morgan fingerprint density at radius 2 is 1.88 bits per heavy atom. The SMILES string of the molecule is COC(=O)C1=COC(OC(=O)N2CCN(c3cccc(C(F)(F)F)c3)CC2)C2C(C)=CCC12. The van der Waals surface area contributed by atoms with Gasteiger partial charge >= 0.3 is 18.2 Å². The van der Waals surface area contributed by atoms with Gasteiger partial charge in [-0.15, -0.1) is 0 Å². The molecule has 1 aromatic carbocycles. The van der Waals surface area contributed by atoms with Crippen molar-refractivity contribution in [2.75, 3.05) is 38.2 Å². The number of piperazine rings is 1. The van der Waals surface area contributed by atoms with Gasteiger partial charge in [0.1, 0.15) is 0 Å². The number of halogens is 3. The number of rotatable bonds is 3. The van der Waals surface area contributed by atoms with Crippen LogP contribution >= 0.6 is 0 Å². The van der Waals surface area contributed by atoms with Gasteiger partial charge in [0.05, 0.1) is 30.4 Å². The summed E-state index contributed by atoms with van der Waals surface area (Å²) in [5, 5.41) is 0. The van der Waals surface area contributed by atoms with E-state index in [1.807, 2.05) is 13.0 Å². The smallest absolute Gasteiger partial charge is 0.416 e. The van der Waals surface area contributed by atoms with Crippen LogP contribution in [-0.4, -0.2) is 56.5 Å². The summed E-state index contributed by atoms with van der Waals surface area (Å²) in [5.74, 6) is -0.926. The minimum atomic E-state index is -4.41. The number of methoxy groups -OCH3 is 1. The zero-order valence-electron chi connectivity index (χ0n) is 18.3. The monoisotopic (exact) mass is 466 g/mol. The van der Waals surface area contributed by atoms with Gasteiger partial charge in [0.2, 0.25) is 0 Å². The maximum atomic E-state index is 13.0. The van der Waals surface area contributed by atoms with Gasteiger partial charge in [0, 0.05) is 37.8 Å². The minimum absolute atomic E-state index is 0.179. The molecule has 7 nitrogen and oxygen atoms in total. The summed E-state index contributed by atoms with van der Waals surface area (Å²) in [7, 11) is 1.30. The minimum Gasteiger partial charge on any atom is -0.466 e. The van der Waals surface area contributed by atoms with E-state index in [0.29, 0.717) is 43.9 Å². The van der Waals surface area contributed by atoms with Crippen LogP contribution < -0.4 is 4.90 Å². The van der Waals surface area contributed by atoms with Gasteiger partial charge in [-0.05, 0) is 31.5 Å². The molecule has 0 spiro atoms. The predicted octanol–water partition coefficient (Wildman–Crippen LogP) is 3.96. The highest BCUT2D eigenvalue weighted by Crippen LogP contribution is 2.43. The zero-order chi connectivity index (χ0) is 23.8. The van der Waals surface area contributed by atoms with Gasteiger partial charge in [-0.3, -0.25) is 0 Å². The fraction of sp³-hybridized carbons (Fsp3) is 0.478. The van der Waals surface area contributed by atoms with Crippen LogP contribution in [0, 0.1) is 11.8 Å². The molecule has 178 valence electrons. The van der Waals surface area contributed by atoms with Gasteiger partial charge in [0.15, 0.2) is 0 Å². The van der Waals surface area contributed by atoms with Gasteiger partial charge in [0.25, 0.3) is 6.29 Å². The molecule has 2 aliphatic heterocycles. The van der Waals surface area contributed by atoms with Crippen molar-refractivity contribution in [1.82, 2.24) is 4.90 Å². The molecule has 1 saturated heterocycles. The topological polar surface area (TPSA) is 68.3 Å². The summed E-state index contributed by atoms with van der Waals surface area (Å²) in [6.45, 7) is 3.25. The summed E-state index contributed by atoms with van der Waals surface area (Å²) >= 11 is 0. The average Bonchev–Trinajstić information content (AvgIpc) is 3.20. The zero-order valence-corrected chi connectivity index (χ0v) is 18.3. The van der Waals surface area contributed by atoms with Crippen molar-refractivity contribution in [3.05, 3.63) is 53.3 Å². The fourth-order valence-electron chi connectivity index (χ4n) is 4.57. The number of hydrogen-bond acceptors (Lipinski definition) is 6. The van der Waals surface area contributed by atoms with Crippen molar-refractivity contribution < 1.29 is 37.0 Å². The highest BCUT2D eigenvalue weighted by atomic mass is 19.4. The first-order valence-electron chi connectivity index (χ1n) is 10.7. The molecular formula is C23H25F3N2O5. The van der Waals surface area contributed by atoms with Crippen molar-refractivity contribution in [1.29, 1.82) is 0 Å². The summed E-state index contributed by atoms with van der Waals surface area (Å²) in [6, 6.07) is 5.15. The van der Waals surface area contributed by atoms with E-state index >= 15 is 0 Å². The molecule has 33 heavy (non-hydrogen) atoms. The van der Waals surface area contributed by atoms with Crippen LogP contribution in [0.1, 0.15) is 18.9 Å². The standard InChI is InChI=1S/C23H25F3N2O5/c1-14-6-7-17-18(20(29)31-2)13-32-21(19(14)17)33-22(30)28-10-8-27(9-11-28)16-5-3-4-15(12-16)23(24,25)26/h3-6,12-13,17,19,21H,7-11H2,1-2H3. The van der Waals surface area contributed by atoms with E-state index in [0.717, 1.165) is 17.7 Å². The predicted molar refractivity (Wildman–Crippen MR) is 112 cm³/mol. The molecule has 4 rings (SSSR count). The number of hydrogen-bond donors (Lipinski definition) is 0. The second-order valence-electron chi connectivity index (χ2n) is 8.29. The van der Waals surface area contributed by atoms with Crippen molar-refractivity contribution in [3.8, 4) is 0 Å². The summed E-state index contributed by atoms with van der Waals surface area (Å²) in [4.78, 5) is 28.1. The lowest BCUT2D eigenvalue weighted by Crippen LogP contribution is -2.50. The number of amides is 1. The van der Waals surface area contributed by atoms with Crippen molar-refractivity contribution >= 4 is 17.7 Å².